The largest absolute Gasteiger partial charge is 0.448 e. The summed E-state index contributed by atoms with van der Waals surface area (Å²) < 4.78 is 10.5. The number of rotatable bonds is 4. The third-order valence-electron chi connectivity index (χ3n) is 3.28. The summed E-state index contributed by atoms with van der Waals surface area (Å²) in [5, 5.41) is 0. The minimum atomic E-state index is -0.521. The number of aromatic nitrogens is 1. The molecule has 0 radical (unpaired) electrons. The van der Waals surface area contributed by atoms with Crippen LogP contribution in [0.5, 0.6) is 0 Å². The molecule has 6 heteroatoms. The quantitative estimate of drug-likeness (QED) is 0.626. The van der Waals surface area contributed by atoms with Crippen LogP contribution >= 0.6 is 0 Å². The maximum Gasteiger partial charge on any atom is 0.435 e. The summed E-state index contributed by atoms with van der Waals surface area (Å²) in [4.78, 5) is 21.9. The van der Waals surface area contributed by atoms with Gasteiger partial charge in [-0.25, -0.2) is 4.79 Å². The molecule has 1 aliphatic rings. The number of carbonyl (C=O) groups excluding carboxylic acids is 1. The summed E-state index contributed by atoms with van der Waals surface area (Å²) in [5.74, 6) is 0.771. The molecule has 1 saturated heterocycles. The number of hydrogen-bond acceptors (Lipinski definition) is 4. The topological polar surface area (TPSA) is 64.0 Å². The maximum atomic E-state index is 11.8. The molecule has 0 aliphatic carbocycles. The van der Waals surface area contributed by atoms with Crippen LogP contribution in [0.2, 0.25) is 0 Å². The maximum absolute atomic E-state index is 11.8. The number of pyridine rings is 1. The second-order valence-corrected chi connectivity index (χ2v) is 4.70. The number of aliphatic imine (C=N–C) groups is 1. The lowest BCUT2D eigenvalue weighted by Gasteiger charge is -2.29. The van der Waals surface area contributed by atoms with Gasteiger partial charge >= 0.3 is 6.09 Å². The number of amidine groups is 1. The first-order chi connectivity index (χ1) is 10.3. The summed E-state index contributed by atoms with van der Waals surface area (Å²) >= 11 is 0. The molecule has 2 rings (SSSR count). The Morgan fingerprint density at radius 1 is 1.38 bits per heavy atom. The van der Waals surface area contributed by atoms with Crippen molar-refractivity contribution in [2.45, 2.75) is 19.8 Å². The molecule has 0 unspecified atom stereocenters. The van der Waals surface area contributed by atoms with Crippen molar-refractivity contribution in [2.75, 3.05) is 32.9 Å². The van der Waals surface area contributed by atoms with Crippen LogP contribution in [0.1, 0.15) is 18.9 Å². The zero-order valence-corrected chi connectivity index (χ0v) is 12.3. The minimum absolute atomic E-state index is 0.326. The van der Waals surface area contributed by atoms with Crippen LogP contribution in [0.4, 0.5) is 4.79 Å². The molecule has 0 N–H and O–H groups in total. The smallest absolute Gasteiger partial charge is 0.435 e. The Labute approximate surface area is 124 Å². The highest BCUT2D eigenvalue weighted by Gasteiger charge is 2.15. The Morgan fingerprint density at radius 2 is 2.10 bits per heavy atom. The van der Waals surface area contributed by atoms with E-state index < -0.39 is 6.09 Å². The van der Waals surface area contributed by atoms with E-state index in [1.165, 1.54) is 0 Å². The second kappa shape index (κ2) is 8.36. The van der Waals surface area contributed by atoms with Gasteiger partial charge < -0.3 is 14.4 Å². The molecule has 1 amide bonds. The second-order valence-electron chi connectivity index (χ2n) is 4.70. The van der Waals surface area contributed by atoms with Crippen molar-refractivity contribution in [3.05, 3.63) is 30.1 Å². The highest BCUT2D eigenvalue weighted by molar-refractivity contribution is 5.91. The molecule has 1 aliphatic heterocycles. The zero-order valence-electron chi connectivity index (χ0n) is 12.3. The van der Waals surface area contributed by atoms with E-state index >= 15 is 0 Å². The lowest BCUT2D eigenvalue weighted by atomic mass is 10.2. The van der Waals surface area contributed by atoms with Gasteiger partial charge in [0, 0.05) is 38.3 Å². The van der Waals surface area contributed by atoms with Crippen molar-refractivity contribution in [1.29, 1.82) is 0 Å². The van der Waals surface area contributed by atoms with Crippen molar-refractivity contribution < 1.29 is 14.3 Å². The Bertz CT molecular complexity index is 470. The van der Waals surface area contributed by atoms with E-state index in [2.05, 4.69) is 14.9 Å². The van der Waals surface area contributed by atoms with E-state index in [1.54, 1.807) is 12.4 Å². The Balaban J connectivity index is 1.79. The molecule has 1 aromatic rings. The Kier molecular flexibility index (Phi) is 6.15. The van der Waals surface area contributed by atoms with Gasteiger partial charge in [0.1, 0.15) is 5.84 Å². The van der Waals surface area contributed by atoms with E-state index in [1.807, 2.05) is 19.1 Å². The first kappa shape index (κ1) is 15.4. The molecule has 0 atom stereocenters. The molecule has 2 heterocycles. The van der Waals surface area contributed by atoms with E-state index in [0.717, 1.165) is 24.5 Å². The monoisotopic (exact) mass is 291 g/mol. The average molecular weight is 291 g/mol. The van der Waals surface area contributed by atoms with Crippen molar-refractivity contribution in [2.24, 2.45) is 4.99 Å². The van der Waals surface area contributed by atoms with Crippen molar-refractivity contribution in [3.63, 3.8) is 0 Å². The highest BCUT2D eigenvalue weighted by Crippen LogP contribution is 2.04. The van der Waals surface area contributed by atoms with E-state index in [0.29, 0.717) is 32.7 Å². The predicted molar refractivity (Wildman–Crippen MR) is 79.4 cm³/mol. The molecule has 0 aromatic carbocycles. The molecule has 6 nitrogen and oxygen atoms in total. The molecule has 1 fully saturated rings. The summed E-state index contributed by atoms with van der Waals surface area (Å²) in [6.07, 6.45) is 4.31. The third-order valence-corrected chi connectivity index (χ3v) is 3.28. The fourth-order valence-electron chi connectivity index (χ4n) is 2.14. The van der Waals surface area contributed by atoms with Gasteiger partial charge in [-0.2, -0.15) is 4.99 Å². The SMILES string of the molecule is CCC(=NC(=O)OCCc1ccncc1)N1CCOCC1. The Hall–Kier alpha value is -1.95. The summed E-state index contributed by atoms with van der Waals surface area (Å²) in [6.45, 7) is 5.21. The van der Waals surface area contributed by atoms with Crippen LogP contribution in [-0.4, -0.2) is 54.7 Å². The number of carbonyl (C=O) groups is 1. The molecule has 21 heavy (non-hydrogen) atoms. The number of hydrogen-bond donors (Lipinski definition) is 0. The molecule has 0 spiro atoms. The summed E-state index contributed by atoms with van der Waals surface area (Å²) in [7, 11) is 0. The van der Waals surface area contributed by atoms with Gasteiger partial charge in [0.05, 0.1) is 19.8 Å². The fourth-order valence-corrected chi connectivity index (χ4v) is 2.14. The van der Waals surface area contributed by atoms with Gasteiger partial charge in [0.2, 0.25) is 0 Å². The lowest BCUT2D eigenvalue weighted by molar-refractivity contribution is 0.0670. The van der Waals surface area contributed by atoms with E-state index in [-0.39, 0.29) is 0 Å². The van der Waals surface area contributed by atoms with Gasteiger partial charge in [-0.15, -0.1) is 0 Å². The van der Waals surface area contributed by atoms with Crippen molar-refractivity contribution >= 4 is 11.9 Å². The molecular formula is C15H21N3O3. The number of morpholine rings is 1. The van der Waals surface area contributed by atoms with Gasteiger partial charge in [-0.1, -0.05) is 6.92 Å². The van der Waals surface area contributed by atoms with Crippen LogP contribution in [0.25, 0.3) is 0 Å². The van der Waals surface area contributed by atoms with Gasteiger partial charge in [0.25, 0.3) is 0 Å². The van der Waals surface area contributed by atoms with Gasteiger partial charge in [0.15, 0.2) is 0 Å². The first-order valence-electron chi connectivity index (χ1n) is 7.25. The molecule has 114 valence electrons. The van der Waals surface area contributed by atoms with Gasteiger partial charge in [-0.05, 0) is 17.7 Å². The fraction of sp³-hybridized carbons (Fsp3) is 0.533. The molecule has 1 aromatic heterocycles. The summed E-state index contributed by atoms with van der Waals surface area (Å²) in [5.41, 5.74) is 1.09. The molecule has 0 saturated carbocycles. The standard InChI is InChI=1S/C15H21N3O3/c1-2-14(18-8-11-20-12-9-18)17-15(19)21-10-5-13-3-6-16-7-4-13/h3-4,6-7H,2,5,8-12H2,1H3. The van der Waals surface area contributed by atoms with Crippen LogP contribution < -0.4 is 0 Å². The molecular weight excluding hydrogens is 270 g/mol. The Morgan fingerprint density at radius 3 is 2.76 bits per heavy atom. The number of ether oxygens (including phenoxy) is 2. The van der Waals surface area contributed by atoms with Crippen molar-refractivity contribution in [1.82, 2.24) is 9.88 Å². The van der Waals surface area contributed by atoms with E-state index in [9.17, 15) is 4.79 Å². The highest BCUT2D eigenvalue weighted by atomic mass is 16.5. The first-order valence-corrected chi connectivity index (χ1v) is 7.25. The van der Waals surface area contributed by atoms with Crippen LogP contribution in [0, 0.1) is 0 Å². The van der Waals surface area contributed by atoms with Gasteiger partial charge in [-0.3, -0.25) is 4.98 Å². The zero-order chi connectivity index (χ0) is 14.9. The third kappa shape index (κ3) is 5.15. The van der Waals surface area contributed by atoms with Crippen LogP contribution in [0.3, 0.4) is 0 Å². The number of nitrogens with zero attached hydrogens (tertiary/aromatic N) is 3. The molecule has 0 bridgehead atoms. The van der Waals surface area contributed by atoms with Crippen LogP contribution in [-0.2, 0) is 15.9 Å². The van der Waals surface area contributed by atoms with E-state index in [4.69, 9.17) is 9.47 Å². The lowest BCUT2D eigenvalue weighted by Crippen LogP contribution is -2.40. The summed E-state index contributed by atoms with van der Waals surface area (Å²) in [6, 6.07) is 3.81. The normalized spacial score (nSPS) is 15.9. The van der Waals surface area contributed by atoms with Crippen LogP contribution in [0.15, 0.2) is 29.5 Å². The minimum Gasteiger partial charge on any atom is -0.448 e. The number of amides is 1. The van der Waals surface area contributed by atoms with Crippen molar-refractivity contribution in [3.8, 4) is 0 Å². The average Bonchev–Trinajstić information content (AvgIpc) is 2.54. The predicted octanol–water partition coefficient (Wildman–Crippen LogP) is 1.90.